The van der Waals surface area contributed by atoms with Crippen molar-refractivity contribution < 1.29 is 18.0 Å². The summed E-state index contributed by atoms with van der Waals surface area (Å²) in [5.41, 5.74) is -1.91. The topological polar surface area (TPSA) is 32.3 Å². The van der Waals surface area contributed by atoms with Crippen LogP contribution in [0, 0.1) is 11.8 Å². The van der Waals surface area contributed by atoms with Crippen LogP contribution >= 0.6 is 0 Å². The Morgan fingerprint density at radius 1 is 1.19 bits per heavy atom. The van der Waals surface area contributed by atoms with E-state index in [1.807, 2.05) is 27.7 Å². The molecule has 2 rings (SSSR count). The lowest BCUT2D eigenvalue weighted by Crippen LogP contribution is -2.54. The first-order chi connectivity index (χ1) is 9.58. The standard InChI is InChI=1S/C15H25F3N2O/c1-9(2)7-11-13(21)20(12(19-11)8-10(3)4)14(5-6-14)15(16,17)18/h9-12,19H,5-8H2,1-4H3. The highest BCUT2D eigenvalue weighted by Crippen LogP contribution is 2.55. The fourth-order valence-electron chi connectivity index (χ4n) is 3.25. The summed E-state index contributed by atoms with van der Waals surface area (Å²) in [5.74, 6) is 0.135. The number of halogens is 3. The first-order valence-corrected chi connectivity index (χ1v) is 7.74. The number of hydrogen-bond donors (Lipinski definition) is 1. The Morgan fingerprint density at radius 2 is 1.71 bits per heavy atom. The van der Waals surface area contributed by atoms with Crippen LogP contribution in [0.1, 0.15) is 53.4 Å². The van der Waals surface area contributed by atoms with Crippen molar-refractivity contribution >= 4 is 5.91 Å². The molecule has 1 aliphatic heterocycles. The molecule has 6 heteroatoms. The predicted octanol–water partition coefficient (Wildman–Crippen LogP) is 3.30. The second kappa shape index (κ2) is 5.45. The van der Waals surface area contributed by atoms with Crippen molar-refractivity contribution in [3.05, 3.63) is 0 Å². The van der Waals surface area contributed by atoms with E-state index >= 15 is 0 Å². The van der Waals surface area contributed by atoms with E-state index < -0.39 is 23.9 Å². The third kappa shape index (κ3) is 3.05. The SMILES string of the molecule is CC(C)CC1NC(CC(C)C)N(C2(C(F)(F)F)CC2)C1=O. The minimum atomic E-state index is -4.34. The van der Waals surface area contributed by atoms with Gasteiger partial charge in [-0.25, -0.2) is 0 Å². The molecule has 122 valence electrons. The molecule has 0 spiro atoms. The van der Waals surface area contributed by atoms with Crippen molar-refractivity contribution in [2.75, 3.05) is 0 Å². The highest BCUT2D eigenvalue weighted by molar-refractivity contribution is 5.85. The molecule has 0 aromatic carbocycles. The van der Waals surface area contributed by atoms with E-state index in [1.54, 1.807) is 0 Å². The minimum Gasteiger partial charge on any atom is -0.311 e. The maximum Gasteiger partial charge on any atom is 0.411 e. The summed E-state index contributed by atoms with van der Waals surface area (Å²) in [7, 11) is 0. The van der Waals surface area contributed by atoms with Crippen LogP contribution in [0.5, 0.6) is 0 Å². The number of nitrogens with one attached hydrogen (secondary N) is 1. The van der Waals surface area contributed by atoms with Crippen LogP contribution in [-0.4, -0.2) is 34.7 Å². The van der Waals surface area contributed by atoms with Crippen LogP contribution in [-0.2, 0) is 4.79 Å². The largest absolute Gasteiger partial charge is 0.411 e. The van der Waals surface area contributed by atoms with Crippen LogP contribution in [0.2, 0.25) is 0 Å². The molecule has 1 saturated heterocycles. The Hall–Kier alpha value is -0.780. The summed E-state index contributed by atoms with van der Waals surface area (Å²) in [6, 6.07) is -0.478. The van der Waals surface area contributed by atoms with E-state index in [9.17, 15) is 18.0 Å². The van der Waals surface area contributed by atoms with Gasteiger partial charge in [0.15, 0.2) is 0 Å². The molecule has 1 saturated carbocycles. The zero-order valence-electron chi connectivity index (χ0n) is 13.1. The van der Waals surface area contributed by atoms with E-state index in [4.69, 9.17) is 0 Å². The molecular weight excluding hydrogens is 281 g/mol. The molecule has 2 atom stereocenters. The second-order valence-corrected chi connectivity index (χ2v) is 7.23. The monoisotopic (exact) mass is 306 g/mol. The number of hydrogen-bond acceptors (Lipinski definition) is 2. The van der Waals surface area contributed by atoms with Gasteiger partial charge in [-0.3, -0.25) is 10.1 Å². The molecule has 21 heavy (non-hydrogen) atoms. The summed E-state index contributed by atoms with van der Waals surface area (Å²) < 4.78 is 40.2. The van der Waals surface area contributed by atoms with E-state index in [0.717, 1.165) is 4.90 Å². The lowest BCUT2D eigenvalue weighted by molar-refractivity contribution is -0.203. The smallest absolute Gasteiger partial charge is 0.311 e. The number of alkyl halides is 3. The van der Waals surface area contributed by atoms with Gasteiger partial charge in [0.05, 0.1) is 12.2 Å². The van der Waals surface area contributed by atoms with Gasteiger partial charge in [0, 0.05) is 0 Å². The normalized spacial score (nSPS) is 28.8. The predicted molar refractivity (Wildman–Crippen MR) is 74.5 cm³/mol. The first-order valence-electron chi connectivity index (χ1n) is 7.74. The summed E-state index contributed by atoms with van der Waals surface area (Å²) in [5, 5.41) is 3.15. The summed E-state index contributed by atoms with van der Waals surface area (Å²) in [6.45, 7) is 7.89. The molecule has 2 aliphatic rings. The van der Waals surface area contributed by atoms with Gasteiger partial charge in [-0.2, -0.15) is 13.2 Å². The summed E-state index contributed by atoms with van der Waals surface area (Å²) >= 11 is 0. The average molecular weight is 306 g/mol. The second-order valence-electron chi connectivity index (χ2n) is 7.23. The third-order valence-electron chi connectivity index (χ3n) is 4.35. The highest BCUT2D eigenvalue weighted by atomic mass is 19.4. The molecule has 2 fully saturated rings. The van der Waals surface area contributed by atoms with Crippen molar-refractivity contribution in [2.24, 2.45) is 11.8 Å². The van der Waals surface area contributed by atoms with E-state index in [1.165, 1.54) is 0 Å². The summed E-state index contributed by atoms with van der Waals surface area (Å²) in [6.07, 6.45) is -3.63. The maximum atomic E-state index is 13.4. The molecule has 0 radical (unpaired) electrons. The maximum absolute atomic E-state index is 13.4. The van der Waals surface area contributed by atoms with Gasteiger partial charge in [-0.15, -0.1) is 0 Å². The Balaban J connectivity index is 2.25. The van der Waals surface area contributed by atoms with Gasteiger partial charge in [0.2, 0.25) is 5.91 Å². The zero-order chi connectivity index (χ0) is 16.0. The van der Waals surface area contributed by atoms with E-state index in [0.29, 0.717) is 12.8 Å². The van der Waals surface area contributed by atoms with E-state index in [-0.39, 0.29) is 30.6 Å². The number of carbonyl (C=O) groups is 1. The van der Waals surface area contributed by atoms with E-state index in [2.05, 4.69) is 5.32 Å². The van der Waals surface area contributed by atoms with Crippen LogP contribution < -0.4 is 5.32 Å². The van der Waals surface area contributed by atoms with Gasteiger partial charge in [0.25, 0.3) is 0 Å². The third-order valence-corrected chi connectivity index (χ3v) is 4.35. The number of carbonyl (C=O) groups excluding carboxylic acids is 1. The Bertz CT molecular complexity index is 402. The Labute approximate surface area is 124 Å². The van der Waals surface area contributed by atoms with Crippen LogP contribution in [0.15, 0.2) is 0 Å². The molecule has 1 N–H and O–H groups in total. The lowest BCUT2D eigenvalue weighted by Gasteiger charge is -2.35. The van der Waals surface area contributed by atoms with Crippen molar-refractivity contribution in [3.63, 3.8) is 0 Å². The van der Waals surface area contributed by atoms with Gasteiger partial charge in [-0.1, -0.05) is 27.7 Å². The quantitative estimate of drug-likeness (QED) is 0.845. The Kier molecular flexibility index (Phi) is 4.30. The van der Waals surface area contributed by atoms with Crippen LogP contribution in [0.4, 0.5) is 13.2 Å². The molecule has 1 heterocycles. The molecule has 2 unspecified atom stereocenters. The van der Waals surface area contributed by atoms with Gasteiger partial charge in [0.1, 0.15) is 5.54 Å². The van der Waals surface area contributed by atoms with Crippen molar-refractivity contribution in [2.45, 2.75) is 77.3 Å². The number of rotatable bonds is 5. The first kappa shape index (κ1) is 16.6. The molecule has 0 bridgehead atoms. The van der Waals surface area contributed by atoms with Crippen molar-refractivity contribution in [1.82, 2.24) is 10.2 Å². The lowest BCUT2D eigenvalue weighted by atomic mass is 10.0. The highest BCUT2D eigenvalue weighted by Gasteiger charge is 2.70. The van der Waals surface area contributed by atoms with Gasteiger partial charge >= 0.3 is 6.18 Å². The molecule has 0 aromatic heterocycles. The van der Waals surface area contributed by atoms with Gasteiger partial charge in [-0.05, 0) is 37.5 Å². The Morgan fingerprint density at radius 3 is 2.10 bits per heavy atom. The fraction of sp³-hybridized carbons (Fsp3) is 0.933. The molecule has 0 aromatic rings. The van der Waals surface area contributed by atoms with Crippen LogP contribution in [0.25, 0.3) is 0 Å². The van der Waals surface area contributed by atoms with Crippen molar-refractivity contribution in [1.29, 1.82) is 0 Å². The fourth-order valence-corrected chi connectivity index (χ4v) is 3.25. The molecule has 3 nitrogen and oxygen atoms in total. The van der Waals surface area contributed by atoms with Crippen LogP contribution in [0.3, 0.4) is 0 Å². The summed E-state index contributed by atoms with van der Waals surface area (Å²) in [4.78, 5) is 13.7. The molecule has 1 amide bonds. The van der Waals surface area contributed by atoms with Crippen molar-refractivity contribution in [3.8, 4) is 0 Å². The number of amides is 1. The molecular formula is C15H25F3N2O. The zero-order valence-corrected chi connectivity index (χ0v) is 13.1. The minimum absolute atomic E-state index is 0.0346. The molecule has 1 aliphatic carbocycles. The number of nitrogens with zero attached hydrogens (tertiary/aromatic N) is 1. The average Bonchev–Trinajstić information content (AvgIpc) is 3.02. The van der Waals surface area contributed by atoms with Gasteiger partial charge < -0.3 is 4.90 Å².